The van der Waals surface area contributed by atoms with Gasteiger partial charge >= 0.3 is 5.97 Å². The molecule has 0 radical (unpaired) electrons. The molecule has 0 aliphatic rings. The Morgan fingerprint density at radius 3 is 2.48 bits per heavy atom. The van der Waals surface area contributed by atoms with E-state index < -0.39 is 22.6 Å². The van der Waals surface area contributed by atoms with Crippen LogP contribution in [0, 0.1) is 13.8 Å². The first-order valence-corrected chi connectivity index (χ1v) is 10.6. The molecule has 0 atom stereocenters. The van der Waals surface area contributed by atoms with Gasteiger partial charge in [0.15, 0.2) is 6.61 Å². The Kier molecular flexibility index (Phi) is 7.34. The van der Waals surface area contributed by atoms with Crippen LogP contribution in [-0.4, -0.2) is 50.0 Å². The number of nitrogens with zero attached hydrogens (tertiary/aromatic N) is 2. The number of hydrogen-bond acceptors (Lipinski definition) is 6. The van der Waals surface area contributed by atoms with Gasteiger partial charge in [-0.2, -0.15) is 0 Å². The second kappa shape index (κ2) is 9.34. The summed E-state index contributed by atoms with van der Waals surface area (Å²) in [7, 11) is -1.43. The summed E-state index contributed by atoms with van der Waals surface area (Å²) in [5.74, 6) is -1.09. The van der Waals surface area contributed by atoms with Crippen molar-refractivity contribution in [2.24, 2.45) is 0 Å². The van der Waals surface area contributed by atoms with E-state index >= 15 is 0 Å². The van der Waals surface area contributed by atoms with E-state index in [1.54, 1.807) is 6.07 Å². The predicted octanol–water partition coefficient (Wildman–Crippen LogP) is 2.74. The van der Waals surface area contributed by atoms with Crippen LogP contribution in [0.4, 0.5) is 0 Å². The highest BCUT2D eigenvalue weighted by Crippen LogP contribution is 2.18. The van der Waals surface area contributed by atoms with Crippen LogP contribution in [0.5, 0.6) is 0 Å². The average molecular weight is 423 g/mol. The molecule has 0 saturated carbocycles. The van der Waals surface area contributed by atoms with Crippen molar-refractivity contribution in [3.8, 4) is 0 Å². The average Bonchev–Trinajstić information content (AvgIpc) is 2.99. The number of esters is 1. The largest absolute Gasteiger partial charge is 0.454 e. The van der Waals surface area contributed by atoms with Crippen molar-refractivity contribution in [1.82, 2.24) is 9.04 Å². The lowest BCUT2D eigenvalue weighted by molar-refractivity contribution is -0.0258. The van der Waals surface area contributed by atoms with Crippen molar-refractivity contribution < 1.29 is 27.6 Å². The SMILES string of the molecule is CCCn1c(C)cc(C(=O)COC(=O)c2cccc(S(=O)(=O)N(C)OC)c2)c1C. The molecule has 2 aromatic rings. The molecule has 9 heteroatoms. The number of carbonyl (C=O) groups excluding carboxylic acids is 2. The highest BCUT2D eigenvalue weighted by Gasteiger charge is 2.23. The molecule has 29 heavy (non-hydrogen) atoms. The minimum atomic E-state index is -3.90. The molecule has 0 bridgehead atoms. The van der Waals surface area contributed by atoms with E-state index in [0.717, 1.165) is 24.4 Å². The summed E-state index contributed by atoms with van der Waals surface area (Å²) in [5.41, 5.74) is 2.35. The number of rotatable bonds is 9. The fourth-order valence-electron chi connectivity index (χ4n) is 2.97. The van der Waals surface area contributed by atoms with Gasteiger partial charge in [0.25, 0.3) is 10.0 Å². The molecule has 0 fully saturated rings. The fraction of sp³-hybridized carbons (Fsp3) is 0.400. The van der Waals surface area contributed by atoms with Crippen LogP contribution in [-0.2, 0) is 26.1 Å². The van der Waals surface area contributed by atoms with Gasteiger partial charge < -0.3 is 9.30 Å². The maximum absolute atomic E-state index is 12.5. The molecule has 1 aromatic heterocycles. The lowest BCUT2D eigenvalue weighted by atomic mass is 10.1. The number of aromatic nitrogens is 1. The minimum absolute atomic E-state index is 0.0276. The summed E-state index contributed by atoms with van der Waals surface area (Å²) in [6, 6.07) is 7.16. The molecule has 1 aromatic carbocycles. The third kappa shape index (κ3) is 4.92. The summed E-state index contributed by atoms with van der Waals surface area (Å²) in [5, 5.41) is 0. The minimum Gasteiger partial charge on any atom is -0.454 e. The summed E-state index contributed by atoms with van der Waals surface area (Å²) in [6.07, 6.45) is 0.941. The monoisotopic (exact) mass is 422 g/mol. The van der Waals surface area contributed by atoms with Gasteiger partial charge in [-0.15, -0.1) is 0 Å². The van der Waals surface area contributed by atoms with Gasteiger partial charge in [-0.1, -0.05) is 17.5 Å². The van der Waals surface area contributed by atoms with Crippen molar-refractivity contribution in [3.05, 3.63) is 52.8 Å². The molecule has 0 saturated heterocycles. The number of carbonyl (C=O) groups is 2. The molecule has 0 aliphatic carbocycles. The quantitative estimate of drug-likeness (QED) is 0.350. The summed E-state index contributed by atoms with van der Waals surface area (Å²) >= 11 is 0. The standard InChI is InChI=1S/C20H26N2O6S/c1-6-10-22-14(2)11-18(15(22)3)19(23)13-28-20(24)16-8-7-9-17(12-16)29(25,26)21(4)27-5/h7-9,11-12H,6,10,13H2,1-5H3. The van der Waals surface area contributed by atoms with E-state index in [0.29, 0.717) is 10.0 Å². The number of ketones is 1. The van der Waals surface area contributed by atoms with Gasteiger partial charge in [-0.25, -0.2) is 13.2 Å². The van der Waals surface area contributed by atoms with Crippen LogP contribution in [0.25, 0.3) is 0 Å². The zero-order valence-electron chi connectivity index (χ0n) is 17.3. The van der Waals surface area contributed by atoms with E-state index in [-0.39, 0.29) is 16.2 Å². The highest BCUT2D eigenvalue weighted by molar-refractivity contribution is 7.89. The Hall–Kier alpha value is -2.49. The number of ether oxygens (including phenoxy) is 1. The Morgan fingerprint density at radius 2 is 1.86 bits per heavy atom. The van der Waals surface area contributed by atoms with Gasteiger partial charge in [-0.05, 0) is 44.5 Å². The first-order valence-electron chi connectivity index (χ1n) is 9.13. The molecular formula is C20H26N2O6S. The van der Waals surface area contributed by atoms with Crippen molar-refractivity contribution >= 4 is 21.8 Å². The molecule has 1 heterocycles. The van der Waals surface area contributed by atoms with Gasteiger partial charge in [0.05, 0.1) is 17.6 Å². The molecule has 0 aliphatic heterocycles. The maximum Gasteiger partial charge on any atom is 0.338 e. The fourth-order valence-corrected chi connectivity index (χ4v) is 3.99. The van der Waals surface area contributed by atoms with Crippen molar-refractivity contribution in [2.75, 3.05) is 20.8 Å². The van der Waals surface area contributed by atoms with E-state index in [9.17, 15) is 18.0 Å². The molecule has 2 rings (SSSR count). The molecule has 0 amide bonds. The number of hydrogen-bond donors (Lipinski definition) is 0. The van der Waals surface area contributed by atoms with Crippen LogP contribution in [0.1, 0.15) is 45.4 Å². The van der Waals surface area contributed by atoms with Crippen molar-refractivity contribution in [3.63, 3.8) is 0 Å². The third-order valence-electron chi connectivity index (χ3n) is 4.62. The maximum atomic E-state index is 12.5. The molecule has 0 unspecified atom stereocenters. The van der Waals surface area contributed by atoms with Crippen LogP contribution >= 0.6 is 0 Å². The summed E-state index contributed by atoms with van der Waals surface area (Å²) in [4.78, 5) is 29.5. The third-order valence-corrected chi connectivity index (χ3v) is 6.29. The van der Waals surface area contributed by atoms with Crippen LogP contribution in [0.15, 0.2) is 35.2 Å². The number of aryl methyl sites for hydroxylation is 1. The number of benzene rings is 1. The number of Topliss-reactive ketones (excluding diaryl/α,β-unsaturated/α-hetero) is 1. The first kappa shape index (κ1) is 22.8. The van der Waals surface area contributed by atoms with Gasteiger partial charge in [0.2, 0.25) is 5.78 Å². The van der Waals surface area contributed by atoms with E-state index in [1.807, 2.05) is 13.8 Å². The van der Waals surface area contributed by atoms with E-state index in [2.05, 4.69) is 11.5 Å². The topological polar surface area (TPSA) is 94.9 Å². The highest BCUT2D eigenvalue weighted by atomic mass is 32.2. The Balaban J connectivity index is 2.13. The Morgan fingerprint density at radius 1 is 1.17 bits per heavy atom. The van der Waals surface area contributed by atoms with Gasteiger partial charge in [0, 0.05) is 30.5 Å². The second-order valence-electron chi connectivity index (χ2n) is 6.56. The van der Waals surface area contributed by atoms with Crippen LogP contribution in [0.3, 0.4) is 0 Å². The normalized spacial score (nSPS) is 11.7. The van der Waals surface area contributed by atoms with Gasteiger partial charge in [0.1, 0.15) is 0 Å². The summed E-state index contributed by atoms with van der Waals surface area (Å²) in [6.45, 7) is 6.22. The molecular weight excluding hydrogens is 396 g/mol. The first-order chi connectivity index (χ1) is 13.6. The molecule has 0 spiro atoms. The Bertz CT molecular complexity index is 1010. The van der Waals surface area contributed by atoms with Gasteiger partial charge in [-0.3, -0.25) is 9.63 Å². The van der Waals surface area contributed by atoms with Crippen LogP contribution < -0.4 is 0 Å². The predicted molar refractivity (Wildman–Crippen MR) is 107 cm³/mol. The molecule has 0 N–H and O–H groups in total. The number of hydroxylamine groups is 1. The number of sulfonamides is 1. The van der Waals surface area contributed by atoms with E-state index in [4.69, 9.17) is 9.57 Å². The zero-order valence-corrected chi connectivity index (χ0v) is 18.1. The molecule has 8 nitrogen and oxygen atoms in total. The summed E-state index contributed by atoms with van der Waals surface area (Å²) < 4.78 is 32.5. The smallest absolute Gasteiger partial charge is 0.338 e. The van der Waals surface area contributed by atoms with Crippen molar-refractivity contribution in [1.29, 1.82) is 0 Å². The lowest BCUT2D eigenvalue weighted by Gasteiger charge is -2.14. The van der Waals surface area contributed by atoms with Crippen molar-refractivity contribution in [2.45, 2.75) is 38.6 Å². The second-order valence-corrected chi connectivity index (χ2v) is 8.50. The Labute approximate surface area is 171 Å². The molecule has 158 valence electrons. The van der Waals surface area contributed by atoms with E-state index in [1.165, 1.54) is 38.4 Å². The lowest BCUT2D eigenvalue weighted by Crippen LogP contribution is -2.26. The zero-order chi connectivity index (χ0) is 21.8. The van der Waals surface area contributed by atoms with Crippen LogP contribution in [0.2, 0.25) is 0 Å².